The number of carbonyl (C=O) groups is 1. The zero-order chi connectivity index (χ0) is 22.3. The molecular weight excluding hydrogens is 422 g/mol. The number of nitrogens with one attached hydrogen (secondary N) is 2. The van der Waals surface area contributed by atoms with Gasteiger partial charge in [-0.05, 0) is 73.5 Å². The molecule has 1 aromatic heterocycles. The second-order valence-electron chi connectivity index (χ2n) is 8.05. The summed E-state index contributed by atoms with van der Waals surface area (Å²) in [5, 5.41) is 10.2. The number of aromatic amines is 1. The van der Waals surface area contributed by atoms with Gasteiger partial charge in [0.1, 0.15) is 12.3 Å². The molecule has 2 aromatic carbocycles. The lowest BCUT2D eigenvalue weighted by atomic mass is 10.0. The van der Waals surface area contributed by atoms with Gasteiger partial charge in [-0.3, -0.25) is 19.4 Å². The molecule has 1 aliphatic heterocycles. The molecule has 7 nitrogen and oxygen atoms in total. The first-order valence-electron chi connectivity index (χ1n) is 11.0. The van der Waals surface area contributed by atoms with Crippen molar-refractivity contribution in [1.82, 2.24) is 25.0 Å². The Kier molecular flexibility index (Phi) is 7.34. The van der Waals surface area contributed by atoms with Crippen LogP contribution in [0.5, 0.6) is 5.75 Å². The Labute approximate surface area is 193 Å². The molecule has 0 bridgehead atoms. The number of piperidine rings is 1. The van der Waals surface area contributed by atoms with Crippen LogP contribution in [0, 0.1) is 4.77 Å². The highest BCUT2D eigenvalue weighted by atomic mass is 32.1. The van der Waals surface area contributed by atoms with Gasteiger partial charge in [0.15, 0.2) is 10.6 Å². The van der Waals surface area contributed by atoms with Gasteiger partial charge in [-0.2, -0.15) is 5.10 Å². The highest BCUT2D eigenvalue weighted by Crippen LogP contribution is 2.21. The van der Waals surface area contributed by atoms with Crippen molar-refractivity contribution in [2.24, 2.45) is 0 Å². The molecule has 0 unspecified atom stereocenters. The number of amides is 1. The van der Waals surface area contributed by atoms with Crippen molar-refractivity contribution >= 4 is 18.1 Å². The SMILES string of the molecule is COc1ccc(-c2n[nH]c(=S)n2CC(=O)NCc2ccccc2CN2CCCCC2)cc1. The molecule has 8 heteroatoms. The normalized spacial score (nSPS) is 14.3. The van der Waals surface area contributed by atoms with E-state index in [0.29, 0.717) is 17.1 Å². The Morgan fingerprint density at radius 3 is 2.53 bits per heavy atom. The average Bonchev–Trinajstić information content (AvgIpc) is 3.19. The lowest BCUT2D eigenvalue weighted by Crippen LogP contribution is -2.31. The van der Waals surface area contributed by atoms with E-state index >= 15 is 0 Å². The van der Waals surface area contributed by atoms with Gasteiger partial charge in [0.2, 0.25) is 5.91 Å². The van der Waals surface area contributed by atoms with Gasteiger partial charge in [0.25, 0.3) is 0 Å². The number of nitrogens with zero attached hydrogens (tertiary/aromatic N) is 3. The number of aromatic nitrogens is 3. The zero-order valence-corrected chi connectivity index (χ0v) is 19.2. The fraction of sp³-hybridized carbons (Fsp3) is 0.375. The minimum Gasteiger partial charge on any atom is -0.497 e. The van der Waals surface area contributed by atoms with Crippen molar-refractivity contribution in [2.75, 3.05) is 20.2 Å². The number of hydrogen-bond donors (Lipinski definition) is 2. The van der Waals surface area contributed by atoms with E-state index in [9.17, 15) is 4.79 Å². The van der Waals surface area contributed by atoms with E-state index in [1.807, 2.05) is 30.3 Å². The van der Waals surface area contributed by atoms with Crippen LogP contribution in [0.2, 0.25) is 0 Å². The Morgan fingerprint density at radius 1 is 1.09 bits per heavy atom. The summed E-state index contributed by atoms with van der Waals surface area (Å²) in [6, 6.07) is 15.8. The Morgan fingerprint density at radius 2 is 1.81 bits per heavy atom. The van der Waals surface area contributed by atoms with Crippen molar-refractivity contribution in [3.63, 3.8) is 0 Å². The average molecular weight is 452 g/mol. The predicted molar refractivity (Wildman–Crippen MR) is 127 cm³/mol. The first kappa shape index (κ1) is 22.2. The summed E-state index contributed by atoms with van der Waals surface area (Å²) in [5.74, 6) is 1.28. The summed E-state index contributed by atoms with van der Waals surface area (Å²) in [6.07, 6.45) is 3.85. The highest BCUT2D eigenvalue weighted by Gasteiger charge is 2.15. The number of rotatable bonds is 8. The van der Waals surface area contributed by atoms with Crippen molar-refractivity contribution < 1.29 is 9.53 Å². The van der Waals surface area contributed by atoms with E-state index in [1.54, 1.807) is 11.7 Å². The molecule has 1 aliphatic rings. The Hall–Kier alpha value is -2.97. The highest BCUT2D eigenvalue weighted by molar-refractivity contribution is 7.71. The lowest BCUT2D eigenvalue weighted by molar-refractivity contribution is -0.121. The third-order valence-corrected chi connectivity index (χ3v) is 6.16. The Bertz CT molecular complexity index is 1100. The van der Waals surface area contributed by atoms with Gasteiger partial charge in [0, 0.05) is 18.7 Å². The standard InChI is InChI=1S/C24H29N5O2S/c1-31-21-11-9-18(10-12-21)23-26-27-24(32)29(23)17-22(30)25-15-19-7-3-4-8-20(19)16-28-13-5-2-6-14-28/h3-4,7-12H,2,5-6,13-17H2,1H3,(H,25,30)(H,27,32). The van der Waals surface area contributed by atoms with Crippen LogP contribution in [-0.2, 0) is 24.4 Å². The quantitative estimate of drug-likeness (QED) is 0.508. The third-order valence-electron chi connectivity index (χ3n) is 5.85. The first-order valence-corrected chi connectivity index (χ1v) is 11.4. The number of benzene rings is 2. The molecular formula is C24H29N5O2S. The molecule has 2 heterocycles. The number of methoxy groups -OCH3 is 1. The van der Waals surface area contributed by atoms with Crippen LogP contribution in [0.15, 0.2) is 48.5 Å². The van der Waals surface area contributed by atoms with Gasteiger partial charge in [0.05, 0.1) is 7.11 Å². The van der Waals surface area contributed by atoms with E-state index in [2.05, 4.69) is 38.6 Å². The molecule has 0 atom stereocenters. The summed E-state index contributed by atoms with van der Waals surface area (Å²) < 4.78 is 7.34. The summed E-state index contributed by atoms with van der Waals surface area (Å²) in [4.78, 5) is 15.3. The van der Waals surface area contributed by atoms with Crippen LogP contribution >= 0.6 is 12.2 Å². The molecule has 0 radical (unpaired) electrons. The van der Waals surface area contributed by atoms with Crippen molar-refractivity contribution in [3.8, 4) is 17.1 Å². The minimum absolute atomic E-state index is 0.102. The van der Waals surface area contributed by atoms with Gasteiger partial charge in [-0.1, -0.05) is 30.7 Å². The zero-order valence-electron chi connectivity index (χ0n) is 18.3. The molecule has 1 fully saturated rings. The first-order chi connectivity index (χ1) is 15.6. The van der Waals surface area contributed by atoms with E-state index < -0.39 is 0 Å². The second-order valence-corrected chi connectivity index (χ2v) is 8.44. The van der Waals surface area contributed by atoms with Crippen LogP contribution in [-0.4, -0.2) is 45.8 Å². The largest absolute Gasteiger partial charge is 0.497 e. The van der Waals surface area contributed by atoms with Gasteiger partial charge in [-0.25, -0.2) is 0 Å². The van der Waals surface area contributed by atoms with Crippen molar-refractivity contribution in [2.45, 2.75) is 38.9 Å². The van der Waals surface area contributed by atoms with Crippen molar-refractivity contribution in [1.29, 1.82) is 0 Å². The maximum Gasteiger partial charge on any atom is 0.240 e. The van der Waals surface area contributed by atoms with E-state index in [1.165, 1.54) is 24.8 Å². The molecule has 0 aliphatic carbocycles. The number of hydrogen-bond acceptors (Lipinski definition) is 5. The molecule has 0 spiro atoms. The molecule has 4 rings (SSSR count). The Balaban J connectivity index is 1.41. The summed E-state index contributed by atoms with van der Waals surface area (Å²) in [7, 11) is 1.63. The van der Waals surface area contributed by atoms with Crippen LogP contribution < -0.4 is 10.1 Å². The molecule has 2 N–H and O–H groups in total. The molecule has 1 amide bonds. The number of likely N-dealkylation sites (tertiary alicyclic amines) is 1. The fourth-order valence-electron chi connectivity index (χ4n) is 4.06. The van der Waals surface area contributed by atoms with Crippen LogP contribution in [0.3, 0.4) is 0 Å². The number of carbonyl (C=O) groups excluding carboxylic acids is 1. The van der Waals surface area contributed by atoms with Crippen LogP contribution in [0.25, 0.3) is 11.4 Å². The number of ether oxygens (including phenoxy) is 1. The molecule has 3 aromatic rings. The summed E-state index contributed by atoms with van der Waals surface area (Å²) >= 11 is 5.36. The lowest BCUT2D eigenvalue weighted by Gasteiger charge is -2.27. The maximum atomic E-state index is 12.8. The molecule has 0 saturated carbocycles. The molecule has 168 valence electrons. The van der Waals surface area contributed by atoms with Crippen molar-refractivity contribution in [3.05, 3.63) is 64.4 Å². The van der Waals surface area contributed by atoms with Crippen LogP contribution in [0.1, 0.15) is 30.4 Å². The second kappa shape index (κ2) is 10.6. The smallest absolute Gasteiger partial charge is 0.240 e. The molecule has 1 saturated heterocycles. The third kappa shape index (κ3) is 5.44. The number of H-pyrrole nitrogens is 1. The van der Waals surface area contributed by atoms with E-state index in [4.69, 9.17) is 17.0 Å². The van der Waals surface area contributed by atoms with Gasteiger partial charge < -0.3 is 10.1 Å². The summed E-state index contributed by atoms with van der Waals surface area (Å²) in [5.41, 5.74) is 3.28. The minimum atomic E-state index is -0.106. The maximum absolute atomic E-state index is 12.8. The predicted octanol–water partition coefficient (Wildman–Crippen LogP) is 3.92. The summed E-state index contributed by atoms with van der Waals surface area (Å²) in [6.45, 7) is 3.82. The van der Waals surface area contributed by atoms with E-state index in [0.717, 1.165) is 36.5 Å². The van der Waals surface area contributed by atoms with Crippen LogP contribution in [0.4, 0.5) is 0 Å². The van der Waals surface area contributed by atoms with E-state index in [-0.39, 0.29) is 12.5 Å². The fourth-order valence-corrected chi connectivity index (χ4v) is 4.26. The van der Waals surface area contributed by atoms with Gasteiger partial charge >= 0.3 is 0 Å². The van der Waals surface area contributed by atoms with Gasteiger partial charge in [-0.15, -0.1) is 0 Å². The molecule has 32 heavy (non-hydrogen) atoms. The topological polar surface area (TPSA) is 75.2 Å². The monoisotopic (exact) mass is 451 g/mol.